The van der Waals surface area contributed by atoms with Crippen molar-refractivity contribution in [2.45, 2.75) is 24.8 Å². The highest BCUT2D eigenvalue weighted by Gasteiger charge is 2.51. The maximum Gasteiger partial charge on any atom is 0.248 e. The summed E-state index contributed by atoms with van der Waals surface area (Å²) in [5, 5.41) is 6.72. The number of nitrogens with zero attached hydrogens (tertiary/aromatic N) is 2. The van der Waals surface area contributed by atoms with Crippen LogP contribution in [0.3, 0.4) is 0 Å². The molecule has 0 atom stereocenters. The first-order valence-electron chi connectivity index (χ1n) is 8.03. The Kier molecular flexibility index (Phi) is 3.68. The van der Waals surface area contributed by atoms with Gasteiger partial charge in [-0.3, -0.25) is 9.59 Å². The number of amides is 1. The number of aromatic amines is 1. The Hall–Kier alpha value is -3.22. The molecule has 0 spiro atoms. The maximum atomic E-state index is 12.6. The second-order valence-electron chi connectivity index (χ2n) is 6.08. The molecule has 1 saturated carbocycles. The summed E-state index contributed by atoms with van der Waals surface area (Å²) >= 11 is 0. The molecule has 7 nitrogen and oxygen atoms in total. The van der Waals surface area contributed by atoms with E-state index < -0.39 is 5.41 Å². The van der Waals surface area contributed by atoms with Crippen molar-refractivity contribution < 1.29 is 9.32 Å². The number of benzene rings is 1. The Bertz CT molecular complexity index is 957. The van der Waals surface area contributed by atoms with Crippen LogP contribution in [-0.2, 0) is 16.8 Å². The molecule has 0 radical (unpaired) electrons. The van der Waals surface area contributed by atoms with E-state index in [0.29, 0.717) is 17.3 Å². The lowest BCUT2D eigenvalue weighted by Crippen LogP contribution is -2.34. The molecule has 2 heterocycles. The number of pyridine rings is 1. The minimum Gasteiger partial charge on any atom is -0.346 e. The Labute approximate surface area is 143 Å². The van der Waals surface area contributed by atoms with Crippen molar-refractivity contribution in [2.24, 2.45) is 0 Å². The van der Waals surface area contributed by atoms with Gasteiger partial charge in [-0.1, -0.05) is 35.5 Å². The number of carbonyl (C=O) groups excluding carboxylic acids is 1. The number of hydrogen-bond acceptors (Lipinski definition) is 5. The Morgan fingerprint density at radius 2 is 2.04 bits per heavy atom. The molecule has 0 unspecified atom stereocenters. The molecule has 3 aromatic rings. The van der Waals surface area contributed by atoms with Gasteiger partial charge in [0.05, 0.1) is 12.0 Å². The third-order valence-electron chi connectivity index (χ3n) is 4.41. The smallest absolute Gasteiger partial charge is 0.248 e. The van der Waals surface area contributed by atoms with E-state index in [-0.39, 0.29) is 18.0 Å². The van der Waals surface area contributed by atoms with Gasteiger partial charge in [0, 0.05) is 17.8 Å². The van der Waals surface area contributed by atoms with Crippen molar-refractivity contribution >= 4 is 5.91 Å². The number of nitrogens with one attached hydrogen (secondary N) is 2. The van der Waals surface area contributed by atoms with Crippen LogP contribution in [0.4, 0.5) is 0 Å². The summed E-state index contributed by atoms with van der Waals surface area (Å²) in [6, 6.07) is 12.8. The van der Waals surface area contributed by atoms with E-state index in [4.69, 9.17) is 4.52 Å². The molecule has 0 bridgehead atoms. The number of hydrogen-bond donors (Lipinski definition) is 2. The van der Waals surface area contributed by atoms with Gasteiger partial charge in [0.2, 0.25) is 23.2 Å². The van der Waals surface area contributed by atoms with Crippen molar-refractivity contribution in [3.05, 3.63) is 70.5 Å². The highest BCUT2D eigenvalue weighted by molar-refractivity contribution is 5.91. The van der Waals surface area contributed by atoms with E-state index in [1.165, 1.54) is 12.3 Å². The van der Waals surface area contributed by atoms with Gasteiger partial charge < -0.3 is 14.8 Å². The first kappa shape index (κ1) is 15.3. The molecule has 1 aliphatic rings. The second kappa shape index (κ2) is 6.01. The standard InChI is InChI=1S/C18H16N4O3/c23-14-10-12(6-9-19-14)16-21-15(25-22-16)11-20-17(24)18(7-8-18)13-4-2-1-3-5-13/h1-6,9-10H,7-8,11H2,(H,19,23)(H,20,24). The van der Waals surface area contributed by atoms with Crippen LogP contribution in [0, 0.1) is 0 Å². The molecule has 7 heteroatoms. The van der Waals surface area contributed by atoms with Gasteiger partial charge in [0.1, 0.15) is 0 Å². The molecule has 0 aliphatic heterocycles. The zero-order valence-corrected chi connectivity index (χ0v) is 13.4. The molecule has 0 saturated heterocycles. The number of rotatable bonds is 5. The molecule has 4 rings (SSSR count). The fraction of sp³-hybridized carbons (Fsp3) is 0.222. The lowest BCUT2D eigenvalue weighted by molar-refractivity contribution is -0.123. The SMILES string of the molecule is O=C(NCc1nc(-c2cc[nH]c(=O)c2)no1)C1(c2ccccc2)CC1. The van der Waals surface area contributed by atoms with Gasteiger partial charge in [-0.05, 0) is 24.5 Å². The molecule has 1 fully saturated rings. The Balaban J connectivity index is 1.44. The summed E-state index contributed by atoms with van der Waals surface area (Å²) < 4.78 is 5.16. The number of H-pyrrole nitrogens is 1. The number of aromatic nitrogens is 3. The topological polar surface area (TPSA) is 101 Å². The third kappa shape index (κ3) is 2.96. The monoisotopic (exact) mass is 336 g/mol. The Morgan fingerprint density at radius 3 is 2.76 bits per heavy atom. The van der Waals surface area contributed by atoms with Crippen LogP contribution in [0.1, 0.15) is 24.3 Å². The van der Waals surface area contributed by atoms with E-state index in [1.807, 2.05) is 30.3 Å². The van der Waals surface area contributed by atoms with Crippen LogP contribution in [0.5, 0.6) is 0 Å². The van der Waals surface area contributed by atoms with Crippen LogP contribution >= 0.6 is 0 Å². The third-order valence-corrected chi connectivity index (χ3v) is 4.41. The fourth-order valence-electron chi connectivity index (χ4n) is 2.88. The summed E-state index contributed by atoms with van der Waals surface area (Å²) in [5.41, 5.74) is 0.919. The summed E-state index contributed by atoms with van der Waals surface area (Å²) in [6.07, 6.45) is 3.20. The zero-order chi connectivity index (χ0) is 17.3. The predicted octanol–water partition coefficient (Wildman–Crippen LogP) is 1.77. The van der Waals surface area contributed by atoms with E-state index in [2.05, 4.69) is 20.4 Å². The molecule has 126 valence electrons. The van der Waals surface area contributed by atoms with Crippen LogP contribution in [0.25, 0.3) is 11.4 Å². The van der Waals surface area contributed by atoms with Gasteiger partial charge in [-0.25, -0.2) is 0 Å². The largest absolute Gasteiger partial charge is 0.346 e. The molecule has 1 amide bonds. The summed E-state index contributed by atoms with van der Waals surface area (Å²) in [6.45, 7) is 0.156. The van der Waals surface area contributed by atoms with Crippen LogP contribution in [0.2, 0.25) is 0 Å². The van der Waals surface area contributed by atoms with Gasteiger partial charge in [-0.2, -0.15) is 4.98 Å². The molecular formula is C18H16N4O3. The lowest BCUT2D eigenvalue weighted by Gasteiger charge is -2.14. The molecule has 1 aliphatic carbocycles. The summed E-state index contributed by atoms with van der Waals surface area (Å²) in [5.74, 6) is 0.585. The van der Waals surface area contributed by atoms with Crippen molar-refractivity contribution in [1.29, 1.82) is 0 Å². The average molecular weight is 336 g/mol. The minimum absolute atomic E-state index is 0.0328. The Morgan fingerprint density at radius 1 is 1.24 bits per heavy atom. The summed E-state index contributed by atoms with van der Waals surface area (Å²) in [4.78, 5) is 30.7. The zero-order valence-electron chi connectivity index (χ0n) is 13.4. The van der Waals surface area contributed by atoms with E-state index >= 15 is 0 Å². The van der Waals surface area contributed by atoms with Crippen molar-refractivity contribution in [1.82, 2.24) is 20.4 Å². The highest BCUT2D eigenvalue weighted by atomic mass is 16.5. The van der Waals surface area contributed by atoms with Crippen molar-refractivity contribution in [3.8, 4) is 11.4 Å². The van der Waals surface area contributed by atoms with Gasteiger partial charge in [0.25, 0.3) is 0 Å². The van der Waals surface area contributed by atoms with Gasteiger partial charge in [-0.15, -0.1) is 0 Å². The molecule has 2 aromatic heterocycles. The second-order valence-corrected chi connectivity index (χ2v) is 6.08. The van der Waals surface area contributed by atoms with Crippen LogP contribution in [-0.4, -0.2) is 21.0 Å². The normalized spacial score (nSPS) is 14.9. The average Bonchev–Trinajstić information content (AvgIpc) is 3.32. The predicted molar refractivity (Wildman–Crippen MR) is 89.6 cm³/mol. The van der Waals surface area contributed by atoms with Crippen LogP contribution < -0.4 is 10.9 Å². The maximum absolute atomic E-state index is 12.6. The minimum atomic E-state index is -0.434. The molecule has 25 heavy (non-hydrogen) atoms. The van der Waals surface area contributed by atoms with E-state index in [9.17, 15) is 9.59 Å². The molecular weight excluding hydrogens is 320 g/mol. The van der Waals surface area contributed by atoms with Gasteiger partial charge >= 0.3 is 0 Å². The fourth-order valence-corrected chi connectivity index (χ4v) is 2.88. The van der Waals surface area contributed by atoms with Crippen LogP contribution in [0.15, 0.2) is 58.0 Å². The molecule has 1 aromatic carbocycles. The summed E-state index contributed by atoms with van der Waals surface area (Å²) in [7, 11) is 0. The first-order valence-corrected chi connectivity index (χ1v) is 8.03. The number of carbonyl (C=O) groups is 1. The van der Waals surface area contributed by atoms with E-state index in [1.54, 1.807) is 6.07 Å². The van der Waals surface area contributed by atoms with E-state index in [0.717, 1.165) is 18.4 Å². The lowest BCUT2D eigenvalue weighted by atomic mass is 9.95. The van der Waals surface area contributed by atoms with Crippen molar-refractivity contribution in [3.63, 3.8) is 0 Å². The quantitative estimate of drug-likeness (QED) is 0.739. The first-order chi connectivity index (χ1) is 12.2. The van der Waals surface area contributed by atoms with Gasteiger partial charge in [0.15, 0.2) is 0 Å². The van der Waals surface area contributed by atoms with Crippen molar-refractivity contribution in [2.75, 3.05) is 0 Å². The highest BCUT2D eigenvalue weighted by Crippen LogP contribution is 2.48. The molecule has 2 N–H and O–H groups in total.